The quantitative estimate of drug-likeness (QED) is 0.435. The lowest BCUT2D eigenvalue weighted by atomic mass is 10.1. The van der Waals surface area contributed by atoms with Gasteiger partial charge in [0.05, 0.1) is 0 Å². The number of rotatable bonds is 8. The Labute approximate surface area is 195 Å². The van der Waals surface area contributed by atoms with Gasteiger partial charge in [0, 0.05) is 28.7 Å². The van der Waals surface area contributed by atoms with Gasteiger partial charge in [-0.05, 0) is 42.3 Å². The van der Waals surface area contributed by atoms with Gasteiger partial charge in [0.2, 0.25) is 11.8 Å². The van der Waals surface area contributed by atoms with Gasteiger partial charge in [-0.2, -0.15) is 0 Å². The van der Waals surface area contributed by atoms with Crippen LogP contribution in [0.25, 0.3) is 0 Å². The number of hydrogen-bond acceptors (Lipinski definition) is 3. The first-order chi connectivity index (χ1) is 15.4. The number of halogens is 1. The maximum absolute atomic E-state index is 12.9. The highest BCUT2D eigenvalue weighted by atomic mass is 79.9. The van der Waals surface area contributed by atoms with Crippen molar-refractivity contribution in [3.8, 4) is 0 Å². The van der Waals surface area contributed by atoms with Crippen molar-refractivity contribution < 1.29 is 14.4 Å². The summed E-state index contributed by atoms with van der Waals surface area (Å²) in [5, 5.41) is 8.39. The molecule has 0 aliphatic heterocycles. The third-order valence-corrected chi connectivity index (χ3v) is 5.32. The zero-order valence-corrected chi connectivity index (χ0v) is 19.2. The van der Waals surface area contributed by atoms with Crippen LogP contribution in [0.15, 0.2) is 83.3 Å². The first-order valence-corrected chi connectivity index (χ1v) is 11.0. The minimum Gasteiger partial charge on any atom is -0.353 e. The van der Waals surface area contributed by atoms with Crippen LogP contribution >= 0.6 is 15.9 Å². The highest BCUT2D eigenvalue weighted by Crippen LogP contribution is 2.20. The van der Waals surface area contributed by atoms with Crippen molar-refractivity contribution in [2.24, 2.45) is 0 Å². The van der Waals surface area contributed by atoms with Crippen LogP contribution in [-0.2, 0) is 9.59 Å². The zero-order valence-electron chi connectivity index (χ0n) is 17.6. The fraction of sp³-hybridized carbons (Fsp3) is 0.160. The SMILES string of the molecule is Cc1ccc(Br)cc1NC(=O)CCNC(=O)C(NC(=O)c1ccccc1)c1ccccc1. The highest BCUT2D eigenvalue weighted by Gasteiger charge is 2.23. The Bertz CT molecular complexity index is 1090. The largest absolute Gasteiger partial charge is 0.353 e. The molecule has 3 rings (SSSR count). The van der Waals surface area contributed by atoms with E-state index in [1.54, 1.807) is 48.5 Å². The molecule has 0 heterocycles. The third-order valence-electron chi connectivity index (χ3n) is 4.83. The number of amides is 3. The molecule has 3 amide bonds. The molecule has 0 radical (unpaired) electrons. The Morgan fingerprint density at radius 3 is 2.25 bits per heavy atom. The number of carbonyl (C=O) groups is 3. The standard InChI is InChI=1S/C25H24BrN3O3/c1-17-12-13-20(26)16-21(17)28-22(30)14-15-27-25(32)23(18-8-4-2-5-9-18)29-24(31)19-10-6-3-7-11-19/h2-13,16,23H,14-15H2,1H3,(H,27,32)(H,28,30)(H,29,31). The molecule has 1 unspecified atom stereocenters. The van der Waals surface area contributed by atoms with Gasteiger partial charge in [-0.25, -0.2) is 0 Å². The Morgan fingerprint density at radius 2 is 1.56 bits per heavy atom. The number of aryl methyl sites for hydroxylation is 1. The molecule has 0 spiro atoms. The van der Waals surface area contributed by atoms with E-state index in [0.29, 0.717) is 16.8 Å². The van der Waals surface area contributed by atoms with Gasteiger partial charge in [0.15, 0.2) is 0 Å². The summed E-state index contributed by atoms with van der Waals surface area (Å²) < 4.78 is 0.867. The molecule has 0 saturated heterocycles. The van der Waals surface area contributed by atoms with E-state index in [4.69, 9.17) is 0 Å². The Balaban J connectivity index is 1.60. The molecule has 3 N–H and O–H groups in total. The van der Waals surface area contributed by atoms with E-state index in [1.807, 2.05) is 37.3 Å². The summed E-state index contributed by atoms with van der Waals surface area (Å²) in [6.07, 6.45) is 0.103. The summed E-state index contributed by atoms with van der Waals surface area (Å²) in [4.78, 5) is 37.8. The van der Waals surface area contributed by atoms with Gasteiger partial charge < -0.3 is 16.0 Å². The fourth-order valence-electron chi connectivity index (χ4n) is 3.09. The maximum Gasteiger partial charge on any atom is 0.252 e. The summed E-state index contributed by atoms with van der Waals surface area (Å²) in [6, 6.07) is 22.5. The molecule has 0 saturated carbocycles. The van der Waals surface area contributed by atoms with E-state index >= 15 is 0 Å². The number of hydrogen-bond donors (Lipinski definition) is 3. The Morgan fingerprint density at radius 1 is 0.906 bits per heavy atom. The molecular weight excluding hydrogens is 470 g/mol. The van der Waals surface area contributed by atoms with Crippen LogP contribution in [0.1, 0.15) is 33.9 Å². The minimum absolute atomic E-state index is 0.103. The topological polar surface area (TPSA) is 87.3 Å². The average molecular weight is 494 g/mol. The lowest BCUT2D eigenvalue weighted by molar-refractivity contribution is -0.123. The number of nitrogens with one attached hydrogen (secondary N) is 3. The van der Waals surface area contributed by atoms with Gasteiger partial charge in [0.1, 0.15) is 6.04 Å². The normalized spacial score (nSPS) is 11.3. The van der Waals surface area contributed by atoms with Crippen LogP contribution in [0.4, 0.5) is 5.69 Å². The number of carbonyl (C=O) groups excluding carboxylic acids is 3. The Kier molecular flexibility index (Phi) is 8.16. The van der Waals surface area contributed by atoms with Crippen molar-refractivity contribution in [3.05, 3.63) is 100 Å². The van der Waals surface area contributed by atoms with Crippen LogP contribution in [0, 0.1) is 6.92 Å². The monoisotopic (exact) mass is 493 g/mol. The van der Waals surface area contributed by atoms with Crippen molar-refractivity contribution in [1.29, 1.82) is 0 Å². The lowest BCUT2D eigenvalue weighted by Crippen LogP contribution is -2.41. The smallest absolute Gasteiger partial charge is 0.252 e. The molecular formula is C25H24BrN3O3. The zero-order chi connectivity index (χ0) is 22.9. The van der Waals surface area contributed by atoms with Crippen molar-refractivity contribution in [2.45, 2.75) is 19.4 Å². The summed E-state index contributed by atoms with van der Waals surface area (Å²) in [5.74, 6) is -0.944. The average Bonchev–Trinajstić information content (AvgIpc) is 2.80. The predicted molar refractivity (Wildman–Crippen MR) is 128 cm³/mol. The lowest BCUT2D eigenvalue weighted by Gasteiger charge is -2.19. The van der Waals surface area contributed by atoms with Crippen LogP contribution in [0.5, 0.6) is 0 Å². The first kappa shape index (κ1) is 23.2. The van der Waals surface area contributed by atoms with Crippen molar-refractivity contribution in [2.75, 3.05) is 11.9 Å². The van der Waals surface area contributed by atoms with Crippen LogP contribution in [-0.4, -0.2) is 24.3 Å². The first-order valence-electron chi connectivity index (χ1n) is 10.2. The Hall–Kier alpha value is -3.45. The molecule has 32 heavy (non-hydrogen) atoms. The van der Waals surface area contributed by atoms with E-state index in [0.717, 1.165) is 10.0 Å². The summed E-state index contributed by atoms with van der Waals surface area (Å²) in [7, 11) is 0. The van der Waals surface area contributed by atoms with Gasteiger partial charge in [-0.1, -0.05) is 70.5 Å². The van der Waals surface area contributed by atoms with Crippen LogP contribution < -0.4 is 16.0 Å². The number of benzene rings is 3. The molecule has 3 aromatic carbocycles. The second-order valence-electron chi connectivity index (χ2n) is 7.23. The second kappa shape index (κ2) is 11.2. The molecule has 0 aliphatic rings. The van der Waals surface area contributed by atoms with Gasteiger partial charge in [-0.15, -0.1) is 0 Å². The van der Waals surface area contributed by atoms with Crippen LogP contribution in [0.2, 0.25) is 0 Å². The van der Waals surface area contributed by atoms with E-state index < -0.39 is 6.04 Å². The van der Waals surface area contributed by atoms with E-state index in [1.165, 1.54) is 0 Å². The molecule has 0 aliphatic carbocycles. The molecule has 0 fully saturated rings. The van der Waals surface area contributed by atoms with Gasteiger partial charge in [-0.3, -0.25) is 14.4 Å². The van der Waals surface area contributed by atoms with Crippen molar-refractivity contribution >= 4 is 39.3 Å². The molecule has 7 heteroatoms. The minimum atomic E-state index is -0.876. The van der Waals surface area contributed by atoms with Crippen LogP contribution in [0.3, 0.4) is 0 Å². The highest BCUT2D eigenvalue weighted by molar-refractivity contribution is 9.10. The fourth-order valence-corrected chi connectivity index (χ4v) is 3.45. The summed E-state index contributed by atoms with van der Waals surface area (Å²) >= 11 is 3.39. The van der Waals surface area contributed by atoms with E-state index in [-0.39, 0.29) is 30.7 Å². The van der Waals surface area contributed by atoms with Gasteiger partial charge in [0.25, 0.3) is 5.91 Å². The molecule has 0 aromatic heterocycles. The summed E-state index contributed by atoms with van der Waals surface area (Å²) in [5.41, 5.74) is 2.78. The van der Waals surface area contributed by atoms with Crippen molar-refractivity contribution in [3.63, 3.8) is 0 Å². The van der Waals surface area contributed by atoms with E-state index in [2.05, 4.69) is 31.9 Å². The van der Waals surface area contributed by atoms with Gasteiger partial charge >= 0.3 is 0 Å². The number of anilines is 1. The molecule has 1 atom stereocenters. The second-order valence-corrected chi connectivity index (χ2v) is 8.15. The summed E-state index contributed by atoms with van der Waals surface area (Å²) in [6.45, 7) is 2.05. The van der Waals surface area contributed by atoms with E-state index in [9.17, 15) is 14.4 Å². The third kappa shape index (κ3) is 6.52. The van der Waals surface area contributed by atoms with Crippen molar-refractivity contribution in [1.82, 2.24) is 10.6 Å². The molecule has 0 bridgehead atoms. The predicted octanol–water partition coefficient (Wildman–Crippen LogP) is 4.37. The molecule has 3 aromatic rings. The molecule has 6 nitrogen and oxygen atoms in total. The molecule has 164 valence electrons. The maximum atomic E-state index is 12.9.